The van der Waals surface area contributed by atoms with Gasteiger partial charge in [0.2, 0.25) is 5.82 Å². The maximum Gasteiger partial charge on any atom is 0.276 e. The van der Waals surface area contributed by atoms with Gasteiger partial charge in [-0.1, -0.05) is 41.6 Å². The number of hydrogen-bond donors (Lipinski definition) is 4. The number of hydrogen-bond acceptors (Lipinski definition) is 9. The zero-order valence-electron chi connectivity index (χ0n) is 18.2. The molecule has 0 fully saturated rings. The Morgan fingerprint density at radius 3 is 2.50 bits per heavy atom. The van der Waals surface area contributed by atoms with Gasteiger partial charge in [-0.25, -0.2) is 10.2 Å². The number of aliphatic hydroxyl groups is 1. The fourth-order valence-corrected chi connectivity index (χ4v) is 3.34. The van der Waals surface area contributed by atoms with Crippen molar-refractivity contribution in [2.75, 3.05) is 18.2 Å². The molecule has 2 aromatic heterocycles. The van der Waals surface area contributed by atoms with E-state index < -0.39 is 5.82 Å². The molecule has 0 aliphatic rings. The second-order valence-electron chi connectivity index (χ2n) is 7.34. The number of halogens is 1. The molecule has 0 radical (unpaired) electrons. The van der Waals surface area contributed by atoms with E-state index in [2.05, 4.69) is 20.4 Å². The SMILES string of the molecule is N/C(=C(/c1ccncc1)N(N)c1ccccc1F)c1nc(-c2ccc(CNCCO)cc2)no1. The van der Waals surface area contributed by atoms with E-state index in [1.807, 2.05) is 24.3 Å². The minimum atomic E-state index is -0.510. The standard InChI is InChI=1S/C24H24FN7O2/c25-19-3-1-2-4-20(19)32(27)22(17-9-11-28-12-10-17)21(26)24-30-23(31-34-24)18-7-5-16(6-8-18)15-29-13-14-33/h1-12,29,33H,13-15,26-27H2/b22-21-. The molecule has 2 aromatic carbocycles. The number of nitrogens with zero attached hydrogens (tertiary/aromatic N) is 4. The first-order valence-corrected chi connectivity index (χ1v) is 10.5. The Hall–Kier alpha value is -4.12. The molecule has 0 aliphatic carbocycles. The number of rotatable bonds is 9. The van der Waals surface area contributed by atoms with Crippen LogP contribution < -0.4 is 21.9 Å². The summed E-state index contributed by atoms with van der Waals surface area (Å²) < 4.78 is 19.9. The number of benzene rings is 2. The van der Waals surface area contributed by atoms with Crippen LogP contribution in [0.2, 0.25) is 0 Å². The fourth-order valence-electron chi connectivity index (χ4n) is 3.34. The number of aliphatic hydroxyl groups excluding tert-OH is 1. The summed E-state index contributed by atoms with van der Waals surface area (Å²) in [4.78, 5) is 8.45. The van der Waals surface area contributed by atoms with Gasteiger partial charge in [-0.15, -0.1) is 0 Å². The number of anilines is 1. The zero-order chi connectivity index (χ0) is 23.9. The second-order valence-corrected chi connectivity index (χ2v) is 7.34. The summed E-state index contributed by atoms with van der Waals surface area (Å²) in [5.41, 5.74) is 9.30. The summed E-state index contributed by atoms with van der Waals surface area (Å²) in [5, 5.41) is 17.2. The van der Waals surface area contributed by atoms with E-state index in [0.29, 0.717) is 24.5 Å². The molecule has 10 heteroatoms. The van der Waals surface area contributed by atoms with E-state index in [-0.39, 0.29) is 29.6 Å². The van der Waals surface area contributed by atoms with Crippen molar-refractivity contribution in [3.63, 3.8) is 0 Å². The number of aromatic nitrogens is 3. The second kappa shape index (κ2) is 10.7. The lowest BCUT2D eigenvalue weighted by Gasteiger charge is -2.23. The number of pyridine rings is 1. The maximum absolute atomic E-state index is 14.5. The number of hydrazine groups is 1. The fraction of sp³-hybridized carbons (Fsp3) is 0.125. The molecule has 34 heavy (non-hydrogen) atoms. The van der Waals surface area contributed by atoms with Crippen molar-refractivity contribution in [2.45, 2.75) is 6.54 Å². The highest BCUT2D eigenvalue weighted by Gasteiger charge is 2.22. The van der Waals surface area contributed by atoms with Crippen molar-refractivity contribution >= 4 is 17.1 Å². The van der Waals surface area contributed by atoms with Crippen LogP contribution in [0.1, 0.15) is 17.0 Å². The van der Waals surface area contributed by atoms with Crippen LogP contribution in [0.3, 0.4) is 0 Å². The predicted octanol–water partition coefficient (Wildman–Crippen LogP) is 2.52. The van der Waals surface area contributed by atoms with Gasteiger partial charge in [0.05, 0.1) is 18.0 Å². The summed E-state index contributed by atoms with van der Waals surface area (Å²) in [6.07, 6.45) is 3.15. The van der Waals surface area contributed by atoms with Crippen molar-refractivity contribution in [3.05, 3.63) is 95.9 Å². The molecule has 9 nitrogen and oxygen atoms in total. The molecule has 4 aromatic rings. The van der Waals surface area contributed by atoms with E-state index in [0.717, 1.165) is 16.1 Å². The lowest BCUT2D eigenvalue weighted by molar-refractivity contribution is 0.292. The van der Waals surface area contributed by atoms with Gasteiger partial charge in [0.1, 0.15) is 11.5 Å². The first kappa shape index (κ1) is 23.1. The van der Waals surface area contributed by atoms with Crippen LogP contribution in [-0.2, 0) is 6.54 Å². The van der Waals surface area contributed by atoms with Crippen LogP contribution in [0.5, 0.6) is 0 Å². The maximum atomic E-state index is 14.5. The van der Waals surface area contributed by atoms with Crippen molar-refractivity contribution in [2.24, 2.45) is 11.6 Å². The highest BCUT2D eigenvalue weighted by atomic mass is 19.1. The molecule has 0 aliphatic heterocycles. The topological polar surface area (TPSA) is 139 Å². The molecular weight excluding hydrogens is 437 g/mol. The molecule has 0 amide bonds. The van der Waals surface area contributed by atoms with Gasteiger partial charge in [0.15, 0.2) is 0 Å². The third-order valence-corrected chi connectivity index (χ3v) is 5.05. The predicted molar refractivity (Wildman–Crippen MR) is 127 cm³/mol. The van der Waals surface area contributed by atoms with Crippen LogP contribution in [0, 0.1) is 5.82 Å². The molecule has 2 heterocycles. The van der Waals surface area contributed by atoms with Crippen LogP contribution in [-0.4, -0.2) is 33.4 Å². The summed E-state index contributed by atoms with van der Waals surface area (Å²) in [6, 6.07) is 17.1. The van der Waals surface area contributed by atoms with Crippen LogP contribution in [0.15, 0.2) is 77.6 Å². The number of nitrogens with two attached hydrogens (primary N) is 2. The summed E-state index contributed by atoms with van der Waals surface area (Å²) in [5.74, 6) is 6.20. The number of nitrogens with one attached hydrogen (secondary N) is 1. The lowest BCUT2D eigenvalue weighted by Crippen LogP contribution is -2.32. The van der Waals surface area contributed by atoms with Crippen LogP contribution in [0.25, 0.3) is 22.8 Å². The van der Waals surface area contributed by atoms with Gasteiger partial charge >= 0.3 is 0 Å². The van der Waals surface area contributed by atoms with E-state index in [9.17, 15) is 4.39 Å². The van der Waals surface area contributed by atoms with E-state index >= 15 is 0 Å². The van der Waals surface area contributed by atoms with E-state index in [1.165, 1.54) is 6.07 Å². The van der Waals surface area contributed by atoms with Crippen molar-refractivity contribution in [3.8, 4) is 11.4 Å². The Morgan fingerprint density at radius 2 is 1.79 bits per heavy atom. The Morgan fingerprint density at radius 1 is 1.06 bits per heavy atom. The Bertz CT molecular complexity index is 1260. The normalized spacial score (nSPS) is 11.9. The number of para-hydroxylation sites is 1. The highest BCUT2D eigenvalue weighted by molar-refractivity contribution is 5.93. The van der Waals surface area contributed by atoms with Crippen molar-refractivity contribution in [1.82, 2.24) is 20.4 Å². The largest absolute Gasteiger partial charge is 0.395 e. The molecule has 0 spiro atoms. The molecule has 0 unspecified atom stereocenters. The Kier molecular flexibility index (Phi) is 7.23. The molecule has 4 rings (SSSR count). The lowest BCUT2D eigenvalue weighted by atomic mass is 10.1. The summed E-state index contributed by atoms with van der Waals surface area (Å²) in [7, 11) is 0. The van der Waals surface area contributed by atoms with Gasteiger partial charge in [-0.2, -0.15) is 4.98 Å². The minimum Gasteiger partial charge on any atom is -0.395 e. The third kappa shape index (κ3) is 5.09. The van der Waals surface area contributed by atoms with Gasteiger partial charge in [-0.3, -0.25) is 9.99 Å². The first-order chi connectivity index (χ1) is 16.6. The van der Waals surface area contributed by atoms with Crippen LogP contribution in [0.4, 0.5) is 10.1 Å². The summed E-state index contributed by atoms with van der Waals surface area (Å²) >= 11 is 0. The average molecular weight is 462 g/mol. The van der Waals surface area contributed by atoms with E-state index in [1.54, 1.807) is 42.7 Å². The van der Waals surface area contributed by atoms with Crippen LogP contribution >= 0.6 is 0 Å². The molecular formula is C24H24FN7O2. The molecule has 0 bridgehead atoms. The van der Waals surface area contributed by atoms with Crippen molar-refractivity contribution < 1.29 is 14.0 Å². The first-order valence-electron chi connectivity index (χ1n) is 10.5. The van der Waals surface area contributed by atoms with E-state index in [4.69, 9.17) is 21.2 Å². The Labute approximate surface area is 195 Å². The average Bonchev–Trinajstić information content (AvgIpc) is 3.36. The Balaban J connectivity index is 1.68. The zero-order valence-corrected chi connectivity index (χ0v) is 18.2. The molecule has 174 valence electrons. The van der Waals surface area contributed by atoms with Gasteiger partial charge in [-0.05, 0) is 29.8 Å². The van der Waals surface area contributed by atoms with Gasteiger partial charge in [0.25, 0.3) is 5.89 Å². The molecule has 0 saturated carbocycles. The smallest absolute Gasteiger partial charge is 0.276 e. The van der Waals surface area contributed by atoms with Crippen molar-refractivity contribution in [1.29, 1.82) is 0 Å². The molecule has 6 N–H and O–H groups in total. The third-order valence-electron chi connectivity index (χ3n) is 5.05. The van der Waals surface area contributed by atoms with Gasteiger partial charge < -0.3 is 20.7 Å². The van der Waals surface area contributed by atoms with Gasteiger partial charge in [0, 0.05) is 36.6 Å². The monoisotopic (exact) mass is 461 g/mol. The highest BCUT2D eigenvalue weighted by Crippen LogP contribution is 2.30. The minimum absolute atomic E-state index is 0.0438. The molecule has 0 atom stereocenters. The molecule has 0 saturated heterocycles. The summed E-state index contributed by atoms with van der Waals surface area (Å²) in [6.45, 7) is 1.23. The quantitative estimate of drug-likeness (QED) is 0.168.